The van der Waals surface area contributed by atoms with Gasteiger partial charge in [-0.2, -0.15) is 0 Å². The third kappa shape index (κ3) is 35.5. The lowest BCUT2D eigenvalue weighted by Gasteiger charge is -2.15. The van der Waals surface area contributed by atoms with Crippen LogP contribution in [0.1, 0.15) is 219 Å². The van der Waals surface area contributed by atoms with E-state index in [0.29, 0.717) is 12.8 Å². The first-order chi connectivity index (χ1) is 22.6. The molecule has 0 fully saturated rings. The van der Waals surface area contributed by atoms with Crippen LogP contribution in [0.5, 0.6) is 0 Å². The van der Waals surface area contributed by atoms with E-state index in [1.165, 1.54) is 154 Å². The average molecular weight is 651 g/mol. The third-order valence-electron chi connectivity index (χ3n) is 9.06. The minimum absolute atomic E-state index is 0.0602. The third-order valence-corrected chi connectivity index (χ3v) is 9.06. The second-order valence-corrected chi connectivity index (χ2v) is 13.7. The molecule has 0 aliphatic rings. The summed E-state index contributed by atoms with van der Waals surface area (Å²) in [6.45, 7) is 4.14. The first-order valence-corrected chi connectivity index (χ1v) is 20.2. The highest BCUT2D eigenvalue weighted by molar-refractivity contribution is 5.70. The van der Waals surface area contributed by atoms with Gasteiger partial charge in [-0.3, -0.25) is 9.59 Å². The normalized spacial score (nSPS) is 12.2. The van der Waals surface area contributed by atoms with Gasteiger partial charge in [-0.1, -0.05) is 180 Å². The van der Waals surface area contributed by atoms with E-state index in [1.807, 2.05) is 0 Å². The summed E-state index contributed by atoms with van der Waals surface area (Å²) >= 11 is 0. The first kappa shape index (κ1) is 44.6. The van der Waals surface area contributed by atoms with E-state index in [1.54, 1.807) is 0 Å². The number of rotatable bonds is 37. The van der Waals surface area contributed by atoms with E-state index in [4.69, 9.17) is 9.47 Å². The van der Waals surface area contributed by atoms with Crippen molar-refractivity contribution in [3.05, 3.63) is 12.2 Å². The number of esters is 2. The molecule has 0 rings (SSSR count). The topological polar surface area (TPSA) is 72.8 Å². The number of hydrogen-bond donors (Lipinski definition) is 1. The smallest absolute Gasteiger partial charge is 0.306 e. The van der Waals surface area contributed by atoms with Gasteiger partial charge in [0, 0.05) is 12.8 Å². The molecule has 0 amide bonds. The number of aliphatic hydroxyl groups is 1. The van der Waals surface area contributed by atoms with Crippen molar-refractivity contribution in [2.45, 2.75) is 225 Å². The Morgan fingerprint density at radius 2 is 0.804 bits per heavy atom. The Morgan fingerprint density at radius 1 is 0.478 bits per heavy atom. The molecule has 0 saturated carbocycles. The van der Waals surface area contributed by atoms with E-state index in [-0.39, 0.29) is 25.2 Å². The monoisotopic (exact) mass is 651 g/mol. The summed E-state index contributed by atoms with van der Waals surface area (Å²) in [6, 6.07) is 0. The zero-order chi connectivity index (χ0) is 33.6. The lowest BCUT2D eigenvalue weighted by atomic mass is 10.0. The molecule has 0 aliphatic carbocycles. The van der Waals surface area contributed by atoms with Gasteiger partial charge in [0.15, 0.2) is 6.10 Å². The standard InChI is InChI=1S/C41H78O5/c1-3-5-7-9-11-13-15-16-17-18-19-20-21-22-23-24-26-27-29-31-33-35-40(43)45-38-39(37-42)46-41(44)36-34-32-30-28-25-14-12-10-8-6-4-2/h16-17,39,42H,3-15,18-38H2,1-2H3/b17-16+/t39-/m0/s1. The number of hydrogen-bond acceptors (Lipinski definition) is 5. The van der Waals surface area contributed by atoms with E-state index >= 15 is 0 Å². The molecule has 0 saturated heterocycles. The molecule has 0 aliphatic heterocycles. The maximum atomic E-state index is 12.1. The molecule has 1 N–H and O–H groups in total. The summed E-state index contributed by atoms with van der Waals surface area (Å²) in [5, 5.41) is 9.53. The van der Waals surface area contributed by atoms with Crippen molar-refractivity contribution >= 4 is 11.9 Å². The average Bonchev–Trinajstić information content (AvgIpc) is 3.06. The van der Waals surface area contributed by atoms with E-state index < -0.39 is 6.10 Å². The summed E-state index contributed by atoms with van der Waals surface area (Å²) in [6.07, 6.45) is 42.8. The molecular formula is C41H78O5. The Bertz CT molecular complexity index is 661. The van der Waals surface area contributed by atoms with Crippen LogP contribution in [-0.2, 0) is 19.1 Å². The van der Waals surface area contributed by atoms with Gasteiger partial charge in [0.05, 0.1) is 6.61 Å². The zero-order valence-electron chi connectivity index (χ0n) is 30.9. The van der Waals surface area contributed by atoms with Crippen LogP contribution in [0.2, 0.25) is 0 Å². The van der Waals surface area contributed by atoms with E-state index in [9.17, 15) is 14.7 Å². The predicted molar refractivity (Wildman–Crippen MR) is 196 cm³/mol. The minimum atomic E-state index is -0.763. The molecule has 0 aromatic carbocycles. The largest absolute Gasteiger partial charge is 0.462 e. The molecule has 1 atom stereocenters. The molecule has 5 nitrogen and oxygen atoms in total. The van der Waals surface area contributed by atoms with Crippen LogP contribution in [0.4, 0.5) is 0 Å². The highest BCUT2D eigenvalue weighted by Gasteiger charge is 2.16. The zero-order valence-corrected chi connectivity index (χ0v) is 30.9. The number of carbonyl (C=O) groups excluding carboxylic acids is 2. The maximum Gasteiger partial charge on any atom is 0.306 e. The Hall–Kier alpha value is -1.36. The maximum absolute atomic E-state index is 12.1. The van der Waals surface area contributed by atoms with Crippen LogP contribution in [0.3, 0.4) is 0 Å². The van der Waals surface area contributed by atoms with E-state index in [0.717, 1.165) is 38.5 Å². The Kier molecular flexibility index (Phi) is 37.0. The van der Waals surface area contributed by atoms with Gasteiger partial charge in [0.25, 0.3) is 0 Å². The summed E-state index contributed by atoms with van der Waals surface area (Å²) in [4.78, 5) is 24.2. The number of ether oxygens (including phenoxy) is 2. The fraction of sp³-hybridized carbons (Fsp3) is 0.902. The SMILES string of the molecule is CCCCCCCC/C=C/CCCCCCCCCCCCCC(=O)OC[C@H](CO)OC(=O)CCCCCCCCCCCCC. The minimum Gasteiger partial charge on any atom is -0.462 e. The van der Waals surface area contributed by atoms with Crippen LogP contribution in [0, 0.1) is 0 Å². The highest BCUT2D eigenvalue weighted by Crippen LogP contribution is 2.15. The number of carbonyl (C=O) groups is 2. The Balaban J connectivity index is 3.48. The molecule has 5 heteroatoms. The fourth-order valence-electron chi connectivity index (χ4n) is 5.96. The van der Waals surface area contributed by atoms with Gasteiger partial charge in [0.2, 0.25) is 0 Å². The molecule has 0 radical (unpaired) electrons. The summed E-state index contributed by atoms with van der Waals surface area (Å²) in [5.74, 6) is -0.582. The van der Waals surface area contributed by atoms with Crippen LogP contribution in [0.15, 0.2) is 12.2 Å². The van der Waals surface area contributed by atoms with Crippen LogP contribution in [0.25, 0.3) is 0 Å². The highest BCUT2D eigenvalue weighted by atomic mass is 16.6. The molecule has 0 unspecified atom stereocenters. The molecule has 272 valence electrons. The molecule has 0 aromatic heterocycles. The molecule has 0 spiro atoms. The fourth-order valence-corrected chi connectivity index (χ4v) is 5.96. The number of unbranched alkanes of at least 4 members (excludes halogenated alkanes) is 27. The van der Waals surface area contributed by atoms with Crippen molar-refractivity contribution in [3.8, 4) is 0 Å². The van der Waals surface area contributed by atoms with Gasteiger partial charge in [-0.15, -0.1) is 0 Å². The van der Waals surface area contributed by atoms with Gasteiger partial charge in [-0.05, 0) is 38.5 Å². The summed E-state index contributed by atoms with van der Waals surface area (Å²) in [5.41, 5.74) is 0. The van der Waals surface area contributed by atoms with Crippen LogP contribution in [-0.4, -0.2) is 36.4 Å². The van der Waals surface area contributed by atoms with E-state index in [2.05, 4.69) is 26.0 Å². The molecule has 0 bridgehead atoms. The quantitative estimate of drug-likeness (QED) is 0.0411. The van der Waals surface area contributed by atoms with Crippen molar-refractivity contribution in [1.82, 2.24) is 0 Å². The second kappa shape index (κ2) is 38.1. The van der Waals surface area contributed by atoms with Crippen molar-refractivity contribution < 1.29 is 24.2 Å². The van der Waals surface area contributed by atoms with Gasteiger partial charge in [-0.25, -0.2) is 0 Å². The molecule has 46 heavy (non-hydrogen) atoms. The van der Waals surface area contributed by atoms with Gasteiger partial charge < -0.3 is 14.6 Å². The first-order valence-electron chi connectivity index (χ1n) is 20.2. The van der Waals surface area contributed by atoms with Crippen LogP contribution < -0.4 is 0 Å². The van der Waals surface area contributed by atoms with Crippen LogP contribution >= 0.6 is 0 Å². The Morgan fingerprint density at radius 3 is 1.17 bits per heavy atom. The van der Waals surface area contributed by atoms with Crippen molar-refractivity contribution in [1.29, 1.82) is 0 Å². The van der Waals surface area contributed by atoms with Crippen molar-refractivity contribution in [2.75, 3.05) is 13.2 Å². The summed E-state index contributed by atoms with van der Waals surface area (Å²) in [7, 11) is 0. The van der Waals surface area contributed by atoms with Crippen molar-refractivity contribution in [2.24, 2.45) is 0 Å². The second-order valence-electron chi connectivity index (χ2n) is 13.7. The predicted octanol–water partition coefficient (Wildman–Crippen LogP) is 12.5. The van der Waals surface area contributed by atoms with Gasteiger partial charge in [0.1, 0.15) is 6.61 Å². The number of aliphatic hydroxyl groups excluding tert-OH is 1. The molecule has 0 aromatic rings. The summed E-state index contributed by atoms with van der Waals surface area (Å²) < 4.78 is 10.6. The van der Waals surface area contributed by atoms with Gasteiger partial charge >= 0.3 is 11.9 Å². The number of allylic oxidation sites excluding steroid dienone is 2. The lowest BCUT2D eigenvalue weighted by molar-refractivity contribution is -0.161. The lowest BCUT2D eigenvalue weighted by Crippen LogP contribution is -2.28. The van der Waals surface area contributed by atoms with Crippen molar-refractivity contribution in [3.63, 3.8) is 0 Å². The molecule has 0 heterocycles. The Labute approximate surface area is 286 Å². The molecular weight excluding hydrogens is 572 g/mol.